The molecule has 0 atom stereocenters. The van der Waals surface area contributed by atoms with Gasteiger partial charge in [-0.2, -0.15) is 4.98 Å². The van der Waals surface area contributed by atoms with Crippen LogP contribution in [0.3, 0.4) is 0 Å². The second-order valence-electron chi connectivity index (χ2n) is 3.63. The summed E-state index contributed by atoms with van der Waals surface area (Å²) in [6.45, 7) is 0. The van der Waals surface area contributed by atoms with Crippen molar-refractivity contribution in [3.63, 3.8) is 0 Å². The zero-order valence-electron chi connectivity index (χ0n) is 8.55. The molecule has 2 aromatic carbocycles. The molecule has 0 amide bonds. The van der Waals surface area contributed by atoms with Crippen molar-refractivity contribution < 1.29 is 4.42 Å². The topological polar surface area (TPSA) is 52.0 Å². The Labute approximate surface area is 92.5 Å². The van der Waals surface area contributed by atoms with Crippen LogP contribution in [0.4, 0.5) is 6.01 Å². The van der Waals surface area contributed by atoms with E-state index in [-0.39, 0.29) is 6.01 Å². The van der Waals surface area contributed by atoms with Crippen molar-refractivity contribution in [3.05, 3.63) is 48.7 Å². The first-order chi connectivity index (χ1) is 7.83. The molecular formula is C13H10N2O. The molecule has 0 spiro atoms. The van der Waals surface area contributed by atoms with E-state index in [1.54, 1.807) is 6.26 Å². The monoisotopic (exact) mass is 210 g/mol. The summed E-state index contributed by atoms with van der Waals surface area (Å²) in [4.78, 5) is 4.10. The predicted octanol–water partition coefficient (Wildman–Crippen LogP) is 3.08. The molecule has 0 aliphatic carbocycles. The van der Waals surface area contributed by atoms with Crippen LogP contribution in [-0.2, 0) is 0 Å². The molecule has 78 valence electrons. The standard InChI is InChI=1S/C13H10N2O/c14-13-15-12(8-16-13)11-6-5-9-3-1-2-4-10(9)7-11/h1-8H,(H2,14,15). The van der Waals surface area contributed by atoms with E-state index in [9.17, 15) is 0 Å². The Balaban J connectivity index is 2.18. The number of hydrogen-bond acceptors (Lipinski definition) is 3. The van der Waals surface area contributed by atoms with Gasteiger partial charge in [0.25, 0.3) is 6.01 Å². The van der Waals surface area contributed by atoms with Crippen LogP contribution in [0.2, 0.25) is 0 Å². The van der Waals surface area contributed by atoms with E-state index in [2.05, 4.69) is 29.2 Å². The number of nitrogens with two attached hydrogens (primary N) is 1. The number of fused-ring (bicyclic) bond motifs is 1. The molecule has 0 radical (unpaired) electrons. The Morgan fingerprint density at radius 1 is 1.00 bits per heavy atom. The highest BCUT2D eigenvalue weighted by molar-refractivity contribution is 5.86. The van der Waals surface area contributed by atoms with E-state index < -0.39 is 0 Å². The lowest BCUT2D eigenvalue weighted by Gasteiger charge is -1.99. The quantitative estimate of drug-likeness (QED) is 0.671. The van der Waals surface area contributed by atoms with Crippen LogP contribution >= 0.6 is 0 Å². The largest absolute Gasteiger partial charge is 0.432 e. The minimum absolute atomic E-state index is 0.197. The third kappa shape index (κ3) is 1.42. The van der Waals surface area contributed by atoms with Gasteiger partial charge < -0.3 is 10.2 Å². The maximum Gasteiger partial charge on any atom is 0.292 e. The Kier molecular flexibility index (Phi) is 1.90. The van der Waals surface area contributed by atoms with E-state index in [1.807, 2.05) is 18.2 Å². The van der Waals surface area contributed by atoms with Crippen molar-refractivity contribution in [2.24, 2.45) is 0 Å². The van der Waals surface area contributed by atoms with Crippen LogP contribution in [0.25, 0.3) is 22.0 Å². The van der Waals surface area contributed by atoms with Crippen molar-refractivity contribution in [1.29, 1.82) is 0 Å². The number of oxazole rings is 1. The lowest BCUT2D eigenvalue weighted by molar-refractivity contribution is 0.581. The molecule has 3 heteroatoms. The average Bonchev–Trinajstić information content (AvgIpc) is 2.75. The van der Waals surface area contributed by atoms with Crippen LogP contribution in [0, 0.1) is 0 Å². The molecule has 0 fully saturated rings. The van der Waals surface area contributed by atoms with Crippen molar-refractivity contribution >= 4 is 16.8 Å². The first-order valence-electron chi connectivity index (χ1n) is 5.03. The average molecular weight is 210 g/mol. The second kappa shape index (κ2) is 3.38. The van der Waals surface area contributed by atoms with Crippen molar-refractivity contribution in [2.75, 3.05) is 5.73 Å². The fourth-order valence-corrected chi connectivity index (χ4v) is 1.77. The van der Waals surface area contributed by atoms with Crippen LogP contribution in [0.15, 0.2) is 53.1 Å². The molecule has 2 N–H and O–H groups in total. The molecule has 3 nitrogen and oxygen atoms in total. The maximum atomic E-state index is 5.45. The Morgan fingerprint density at radius 2 is 1.81 bits per heavy atom. The molecule has 0 aliphatic rings. The highest BCUT2D eigenvalue weighted by Crippen LogP contribution is 2.24. The van der Waals surface area contributed by atoms with E-state index in [0.29, 0.717) is 0 Å². The summed E-state index contributed by atoms with van der Waals surface area (Å²) in [6, 6.07) is 14.5. The van der Waals surface area contributed by atoms with Crippen LogP contribution in [0.5, 0.6) is 0 Å². The molecule has 0 bridgehead atoms. The number of anilines is 1. The summed E-state index contributed by atoms with van der Waals surface area (Å²) in [5.74, 6) is 0. The molecular weight excluding hydrogens is 200 g/mol. The third-order valence-electron chi connectivity index (χ3n) is 2.57. The molecule has 1 aromatic heterocycles. The van der Waals surface area contributed by atoms with Gasteiger partial charge in [-0.1, -0.05) is 36.4 Å². The van der Waals surface area contributed by atoms with E-state index in [4.69, 9.17) is 10.2 Å². The van der Waals surface area contributed by atoms with Crippen LogP contribution in [-0.4, -0.2) is 4.98 Å². The maximum absolute atomic E-state index is 5.45. The lowest BCUT2D eigenvalue weighted by Crippen LogP contribution is -1.83. The number of nitrogens with zero attached hydrogens (tertiary/aromatic N) is 1. The highest BCUT2D eigenvalue weighted by Gasteiger charge is 2.04. The third-order valence-corrected chi connectivity index (χ3v) is 2.57. The molecule has 3 rings (SSSR count). The molecule has 0 saturated heterocycles. The van der Waals surface area contributed by atoms with Gasteiger partial charge in [0.2, 0.25) is 0 Å². The van der Waals surface area contributed by atoms with Gasteiger partial charge in [-0.25, -0.2) is 0 Å². The molecule has 3 aromatic rings. The predicted molar refractivity (Wildman–Crippen MR) is 63.9 cm³/mol. The zero-order valence-corrected chi connectivity index (χ0v) is 8.55. The summed E-state index contributed by atoms with van der Waals surface area (Å²) < 4.78 is 5.00. The molecule has 0 aliphatic heterocycles. The highest BCUT2D eigenvalue weighted by atomic mass is 16.4. The van der Waals surface area contributed by atoms with Gasteiger partial charge in [0.15, 0.2) is 0 Å². The van der Waals surface area contributed by atoms with Crippen LogP contribution in [0.1, 0.15) is 0 Å². The number of rotatable bonds is 1. The first kappa shape index (κ1) is 8.97. The van der Waals surface area contributed by atoms with Gasteiger partial charge in [-0.05, 0) is 16.8 Å². The lowest BCUT2D eigenvalue weighted by atomic mass is 10.1. The van der Waals surface area contributed by atoms with E-state index in [1.165, 1.54) is 10.8 Å². The SMILES string of the molecule is Nc1nc(-c2ccc3ccccc3c2)co1. The molecule has 0 unspecified atom stereocenters. The summed E-state index contributed by atoms with van der Waals surface area (Å²) in [5, 5.41) is 2.39. The minimum atomic E-state index is 0.197. The summed E-state index contributed by atoms with van der Waals surface area (Å²) in [5.41, 5.74) is 7.23. The summed E-state index contributed by atoms with van der Waals surface area (Å²) in [7, 11) is 0. The van der Waals surface area contributed by atoms with Gasteiger partial charge in [-0.3, -0.25) is 0 Å². The summed E-state index contributed by atoms with van der Waals surface area (Å²) in [6.07, 6.45) is 1.57. The van der Waals surface area contributed by atoms with Crippen molar-refractivity contribution in [3.8, 4) is 11.3 Å². The van der Waals surface area contributed by atoms with Crippen molar-refractivity contribution in [1.82, 2.24) is 4.98 Å². The number of aromatic nitrogens is 1. The van der Waals surface area contributed by atoms with Crippen LogP contribution < -0.4 is 5.73 Å². The summed E-state index contributed by atoms with van der Waals surface area (Å²) >= 11 is 0. The Hall–Kier alpha value is -2.29. The normalized spacial score (nSPS) is 10.8. The van der Waals surface area contributed by atoms with Gasteiger partial charge in [0.1, 0.15) is 12.0 Å². The van der Waals surface area contributed by atoms with E-state index in [0.717, 1.165) is 11.3 Å². The second-order valence-corrected chi connectivity index (χ2v) is 3.63. The first-order valence-corrected chi connectivity index (χ1v) is 5.03. The van der Waals surface area contributed by atoms with E-state index >= 15 is 0 Å². The molecule has 0 saturated carbocycles. The van der Waals surface area contributed by atoms with Gasteiger partial charge in [0.05, 0.1) is 0 Å². The molecule has 16 heavy (non-hydrogen) atoms. The minimum Gasteiger partial charge on any atom is -0.432 e. The zero-order chi connectivity index (χ0) is 11.0. The number of nitrogen functional groups attached to an aromatic ring is 1. The van der Waals surface area contributed by atoms with Crippen molar-refractivity contribution in [2.45, 2.75) is 0 Å². The molecule has 1 heterocycles. The Bertz CT molecular complexity index is 643. The van der Waals surface area contributed by atoms with Gasteiger partial charge >= 0.3 is 0 Å². The number of hydrogen-bond donors (Lipinski definition) is 1. The Morgan fingerprint density at radius 3 is 2.56 bits per heavy atom. The van der Waals surface area contributed by atoms with Gasteiger partial charge in [0, 0.05) is 5.56 Å². The fraction of sp³-hybridized carbons (Fsp3) is 0. The fourth-order valence-electron chi connectivity index (χ4n) is 1.77. The number of benzene rings is 2. The smallest absolute Gasteiger partial charge is 0.292 e. The van der Waals surface area contributed by atoms with Gasteiger partial charge in [-0.15, -0.1) is 0 Å².